The average Bonchev–Trinajstić information content (AvgIpc) is 2.63. The number of rotatable bonds is 6. The summed E-state index contributed by atoms with van der Waals surface area (Å²) in [4.78, 5) is 17.2. The van der Waals surface area contributed by atoms with Crippen molar-refractivity contribution in [2.24, 2.45) is 0 Å². The van der Waals surface area contributed by atoms with E-state index in [-0.39, 0.29) is 12.2 Å². The van der Waals surface area contributed by atoms with Crippen LogP contribution < -0.4 is 15.0 Å². The molecule has 5 nitrogen and oxygen atoms in total. The molecule has 1 heterocycles. The van der Waals surface area contributed by atoms with Gasteiger partial charge in [-0.05, 0) is 24.3 Å². The standard InChI is InChI=1S/C18H17ClN2O3/c1-23-15-8-4-5-9-16(15)24-12-17-20-14-7-3-2-6-13(14)18(22)21(17)11-10-19/h2-9H,10-12H2,1H3. The first kappa shape index (κ1) is 16.3. The van der Waals surface area contributed by atoms with Crippen molar-refractivity contribution in [3.63, 3.8) is 0 Å². The lowest BCUT2D eigenvalue weighted by molar-refractivity contribution is 0.270. The highest BCUT2D eigenvalue weighted by Gasteiger charge is 2.12. The summed E-state index contributed by atoms with van der Waals surface area (Å²) in [5.41, 5.74) is 0.534. The van der Waals surface area contributed by atoms with Gasteiger partial charge in [0, 0.05) is 12.4 Å². The van der Waals surface area contributed by atoms with Gasteiger partial charge in [0.05, 0.1) is 18.0 Å². The van der Waals surface area contributed by atoms with Crippen molar-refractivity contribution in [2.75, 3.05) is 13.0 Å². The van der Waals surface area contributed by atoms with E-state index in [1.54, 1.807) is 17.7 Å². The molecule has 124 valence electrons. The topological polar surface area (TPSA) is 53.4 Å². The third kappa shape index (κ3) is 3.21. The van der Waals surface area contributed by atoms with Gasteiger partial charge in [0.1, 0.15) is 12.4 Å². The molecule has 0 atom stereocenters. The van der Waals surface area contributed by atoms with Crippen LogP contribution in [0.2, 0.25) is 0 Å². The highest BCUT2D eigenvalue weighted by Crippen LogP contribution is 2.26. The Labute approximate surface area is 144 Å². The van der Waals surface area contributed by atoms with Crippen LogP contribution in [0.5, 0.6) is 11.5 Å². The van der Waals surface area contributed by atoms with Gasteiger partial charge in [-0.15, -0.1) is 11.6 Å². The highest BCUT2D eigenvalue weighted by atomic mass is 35.5. The second-order valence-electron chi connectivity index (χ2n) is 5.13. The molecule has 0 spiro atoms. The molecule has 0 saturated carbocycles. The Morgan fingerprint density at radius 3 is 2.54 bits per heavy atom. The normalized spacial score (nSPS) is 10.8. The Balaban J connectivity index is 1.99. The van der Waals surface area contributed by atoms with E-state index in [9.17, 15) is 4.79 Å². The van der Waals surface area contributed by atoms with Gasteiger partial charge in [-0.2, -0.15) is 0 Å². The Morgan fingerprint density at radius 2 is 1.79 bits per heavy atom. The summed E-state index contributed by atoms with van der Waals surface area (Å²) in [6, 6.07) is 14.6. The van der Waals surface area contributed by atoms with E-state index in [0.29, 0.717) is 40.7 Å². The van der Waals surface area contributed by atoms with Gasteiger partial charge in [0.15, 0.2) is 11.5 Å². The molecule has 3 aromatic rings. The number of hydrogen-bond donors (Lipinski definition) is 0. The summed E-state index contributed by atoms with van der Waals surface area (Å²) in [7, 11) is 1.58. The molecule has 0 N–H and O–H groups in total. The van der Waals surface area contributed by atoms with E-state index in [1.807, 2.05) is 42.5 Å². The summed E-state index contributed by atoms with van der Waals surface area (Å²) in [5.74, 6) is 2.08. The molecule has 0 amide bonds. The Kier molecular flexibility index (Phi) is 5.01. The number of aromatic nitrogens is 2. The lowest BCUT2D eigenvalue weighted by Crippen LogP contribution is -2.27. The maximum atomic E-state index is 12.7. The Morgan fingerprint density at radius 1 is 1.08 bits per heavy atom. The van der Waals surface area contributed by atoms with Crippen LogP contribution in [0.4, 0.5) is 0 Å². The van der Waals surface area contributed by atoms with Crippen molar-refractivity contribution in [2.45, 2.75) is 13.2 Å². The fraction of sp³-hybridized carbons (Fsp3) is 0.222. The fourth-order valence-corrected chi connectivity index (χ4v) is 2.69. The minimum absolute atomic E-state index is 0.111. The molecule has 0 unspecified atom stereocenters. The molecular weight excluding hydrogens is 328 g/mol. The van der Waals surface area contributed by atoms with E-state index in [4.69, 9.17) is 21.1 Å². The van der Waals surface area contributed by atoms with Crippen molar-refractivity contribution < 1.29 is 9.47 Å². The van der Waals surface area contributed by atoms with Gasteiger partial charge in [0.2, 0.25) is 0 Å². The Hall–Kier alpha value is -2.53. The minimum Gasteiger partial charge on any atom is -0.493 e. The zero-order chi connectivity index (χ0) is 16.9. The summed E-state index contributed by atoms with van der Waals surface area (Å²) < 4.78 is 12.6. The second kappa shape index (κ2) is 7.36. The van der Waals surface area contributed by atoms with Gasteiger partial charge in [0.25, 0.3) is 5.56 Å². The molecule has 0 aliphatic carbocycles. The number of para-hydroxylation sites is 3. The molecule has 1 aromatic heterocycles. The highest BCUT2D eigenvalue weighted by molar-refractivity contribution is 6.17. The maximum absolute atomic E-state index is 12.7. The predicted molar refractivity (Wildman–Crippen MR) is 94.0 cm³/mol. The first-order chi connectivity index (χ1) is 11.7. The largest absolute Gasteiger partial charge is 0.493 e. The zero-order valence-corrected chi connectivity index (χ0v) is 14.0. The number of benzene rings is 2. The third-order valence-electron chi connectivity index (χ3n) is 3.67. The van der Waals surface area contributed by atoms with Crippen molar-refractivity contribution in [3.05, 3.63) is 64.7 Å². The van der Waals surface area contributed by atoms with E-state index in [1.165, 1.54) is 0 Å². The van der Waals surface area contributed by atoms with Crippen LogP contribution in [0.3, 0.4) is 0 Å². The van der Waals surface area contributed by atoms with Crippen molar-refractivity contribution in [3.8, 4) is 11.5 Å². The molecule has 0 saturated heterocycles. The molecule has 0 fully saturated rings. The SMILES string of the molecule is COc1ccccc1OCc1nc2ccccc2c(=O)n1CCCl. The number of ether oxygens (including phenoxy) is 2. The molecule has 0 bridgehead atoms. The van der Waals surface area contributed by atoms with Gasteiger partial charge in [-0.3, -0.25) is 9.36 Å². The van der Waals surface area contributed by atoms with Gasteiger partial charge < -0.3 is 9.47 Å². The Bertz CT molecular complexity index is 908. The van der Waals surface area contributed by atoms with Gasteiger partial charge in [-0.25, -0.2) is 4.98 Å². The first-order valence-electron chi connectivity index (χ1n) is 7.55. The van der Waals surface area contributed by atoms with Crippen LogP contribution in [-0.2, 0) is 13.2 Å². The van der Waals surface area contributed by atoms with Gasteiger partial charge >= 0.3 is 0 Å². The van der Waals surface area contributed by atoms with Crippen molar-refractivity contribution in [1.29, 1.82) is 0 Å². The van der Waals surface area contributed by atoms with Crippen LogP contribution >= 0.6 is 11.6 Å². The van der Waals surface area contributed by atoms with Crippen LogP contribution in [0.1, 0.15) is 5.82 Å². The molecule has 24 heavy (non-hydrogen) atoms. The number of fused-ring (bicyclic) bond motifs is 1. The summed E-state index contributed by atoms with van der Waals surface area (Å²) >= 11 is 5.85. The summed E-state index contributed by atoms with van der Waals surface area (Å²) in [6.45, 7) is 0.528. The first-order valence-corrected chi connectivity index (χ1v) is 8.08. The lowest BCUT2D eigenvalue weighted by Gasteiger charge is -2.14. The monoisotopic (exact) mass is 344 g/mol. The van der Waals surface area contributed by atoms with Crippen LogP contribution in [-0.4, -0.2) is 22.5 Å². The molecule has 3 rings (SSSR count). The van der Waals surface area contributed by atoms with E-state index >= 15 is 0 Å². The summed E-state index contributed by atoms with van der Waals surface area (Å²) in [6.07, 6.45) is 0. The number of alkyl halides is 1. The van der Waals surface area contributed by atoms with Crippen LogP contribution in [0.15, 0.2) is 53.3 Å². The molecule has 0 aliphatic heterocycles. The number of halogens is 1. The number of nitrogens with zero attached hydrogens (tertiary/aromatic N) is 2. The molecular formula is C18H17ClN2O3. The van der Waals surface area contributed by atoms with Crippen LogP contribution in [0.25, 0.3) is 10.9 Å². The third-order valence-corrected chi connectivity index (χ3v) is 3.84. The van der Waals surface area contributed by atoms with E-state index in [2.05, 4.69) is 4.98 Å². The second-order valence-corrected chi connectivity index (χ2v) is 5.51. The lowest BCUT2D eigenvalue weighted by atomic mass is 10.2. The molecule has 6 heteroatoms. The quantitative estimate of drug-likeness (QED) is 0.644. The maximum Gasteiger partial charge on any atom is 0.261 e. The van der Waals surface area contributed by atoms with Crippen molar-refractivity contribution >= 4 is 22.5 Å². The zero-order valence-electron chi connectivity index (χ0n) is 13.2. The van der Waals surface area contributed by atoms with Gasteiger partial charge in [-0.1, -0.05) is 24.3 Å². The fourth-order valence-electron chi connectivity index (χ4n) is 2.52. The predicted octanol–water partition coefficient (Wildman–Crippen LogP) is 3.22. The average molecular weight is 345 g/mol. The molecule has 0 aliphatic rings. The van der Waals surface area contributed by atoms with Crippen molar-refractivity contribution in [1.82, 2.24) is 9.55 Å². The minimum atomic E-state index is -0.111. The summed E-state index contributed by atoms with van der Waals surface area (Å²) in [5, 5.41) is 0.573. The molecule has 0 radical (unpaired) electrons. The van der Waals surface area contributed by atoms with E-state index in [0.717, 1.165) is 0 Å². The number of methoxy groups -OCH3 is 1. The van der Waals surface area contributed by atoms with E-state index < -0.39 is 0 Å². The smallest absolute Gasteiger partial charge is 0.261 e. The number of hydrogen-bond acceptors (Lipinski definition) is 4. The molecule has 2 aromatic carbocycles. The van der Waals surface area contributed by atoms with Crippen LogP contribution in [0, 0.1) is 0 Å².